The number of aliphatic hydroxyl groups excluding tert-OH is 1. The number of benzene rings is 1. The first kappa shape index (κ1) is 18.2. The molecule has 0 bridgehead atoms. The predicted molar refractivity (Wildman–Crippen MR) is 88.1 cm³/mol. The number of carbonyl (C=O) groups is 1. The smallest absolute Gasteiger partial charge is 0.225 e. The van der Waals surface area contributed by atoms with Crippen molar-refractivity contribution < 1.29 is 9.90 Å². The highest BCUT2D eigenvalue weighted by atomic mass is 35.5. The van der Waals surface area contributed by atoms with Crippen LogP contribution in [0.25, 0.3) is 0 Å². The summed E-state index contributed by atoms with van der Waals surface area (Å²) in [5.74, 6) is -0.112. The maximum Gasteiger partial charge on any atom is 0.225 e. The molecule has 4 nitrogen and oxygen atoms in total. The zero-order chi connectivity index (χ0) is 15.7. The number of nitrogens with one attached hydrogen (secondary N) is 1. The fraction of sp³-hybridized carbons (Fsp3) is 0.533. The molecule has 21 heavy (non-hydrogen) atoms. The van der Waals surface area contributed by atoms with Gasteiger partial charge in [-0.15, -0.1) is 0 Å². The van der Waals surface area contributed by atoms with Crippen molar-refractivity contribution in [3.8, 4) is 0 Å². The summed E-state index contributed by atoms with van der Waals surface area (Å²) in [5.41, 5.74) is 0.524. The lowest BCUT2D eigenvalue weighted by Crippen LogP contribution is -2.31. The zero-order valence-corrected chi connectivity index (χ0v) is 13.8. The zero-order valence-electron chi connectivity index (χ0n) is 12.2. The molecule has 0 fully saturated rings. The van der Waals surface area contributed by atoms with Crippen LogP contribution in [0.2, 0.25) is 10.0 Å². The Morgan fingerprint density at radius 2 is 2.05 bits per heavy atom. The first-order valence-corrected chi connectivity index (χ1v) is 7.90. The minimum Gasteiger partial charge on any atom is -0.395 e. The number of unbranched alkanes of at least 4 members (excludes halogenated alkanes) is 1. The predicted octanol–water partition coefficient (Wildman–Crippen LogP) is 3.42. The average Bonchev–Trinajstić information content (AvgIpc) is 2.46. The number of carbonyl (C=O) groups excluding carboxylic acids is 1. The van der Waals surface area contributed by atoms with Gasteiger partial charge in [-0.1, -0.05) is 36.5 Å². The van der Waals surface area contributed by atoms with Crippen molar-refractivity contribution >= 4 is 34.8 Å². The summed E-state index contributed by atoms with van der Waals surface area (Å²) in [7, 11) is 0. The van der Waals surface area contributed by atoms with Crippen molar-refractivity contribution in [2.75, 3.05) is 31.6 Å². The minimum absolute atomic E-state index is 0.103. The summed E-state index contributed by atoms with van der Waals surface area (Å²) in [6, 6.07) is 4.95. The third-order valence-corrected chi connectivity index (χ3v) is 3.67. The number of hydrogen-bond acceptors (Lipinski definition) is 3. The molecule has 0 saturated heterocycles. The summed E-state index contributed by atoms with van der Waals surface area (Å²) >= 11 is 11.9. The summed E-state index contributed by atoms with van der Waals surface area (Å²) in [6.07, 6.45) is 2.50. The lowest BCUT2D eigenvalue weighted by molar-refractivity contribution is -0.116. The van der Waals surface area contributed by atoms with Gasteiger partial charge >= 0.3 is 0 Å². The van der Waals surface area contributed by atoms with E-state index in [-0.39, 0.29) is 12.5 Å². The van der Waals surface area contributed by atoms with E-state index in [0.717, 1.165) is 19.4 Å². The molecule has 118 valence electrons. The van der Waals surface area contributed by atoms with Crippen LogP contribution in [0.4, 0.5) is 5.69 Å². The van der Waals surface area contributed by atoms with E-state index in [2.05, 4.69) is 17.1 Å². The lowest BCUT2D eigenvalue weighted by Gasteiger charge is -2.20. The van der Waals surface area contributed by atoms with Gasteiger partial charge in [-0.3, -0.25) is 4.79 Å². The quantitative estimate of drug-likeness (QED) is 0.728. The molecule has 0 atom stereocenters. The third kappa shape index (κ3) is 7.14. The van der Waals surface area contributed by atoms with Crippen LogP contribution in [0.3, 0.4) is 0 Å². The normalized spacial score (nSPS) is 10.9. The number of amides is 1. The highest BCUT2D eigenvalue weighted by molar-refractivity contribution is 6.35. The van der Waals surface area contributed by atoms with Crippen LogP contribution in [-0.2, 0) is 4.79 Å². The molecule has 1 aromatic carbocycles. The molecule has 1 amide bonds. The van der Waals surface area contributed by atoms with Gasteiger partial charge in [-0.25, -0.2) is 0 Å². The molecule has 1 aromatic rings. The summed E-state index contributed by atoms with van der Waals surface area (Å²) in [5, 5.41) is 12.8. The van der Waals surface area contributed by atoms with Gasteiger partial charge < -0.3 is 15.3 Å². The molecule has 0 aliphatic rings. The van der Waals surface area contributed by atoms with Crippen molar-refractivity contribution in [3.05, 3.63) is 28.2 Å². The van der Waals surface area contributed by atoms with Gasteiger partial charge in [0.1, 0.15) is 0 Å². The third-order valence-electron chi connectivity index (χ3n) is 3.10. The van der Waals surface area contributed by atoms with Crippen molar-refractivity contribution in [1.82, 2.24) is 4.90 Å². The van der Waals surface area contributed by atoms with Crippen LogP contribution < -0.4 is 5.32 Å². The van der Waals surface area contributed by atoms with E-state index in [1.807, 2.05) is 0 Å². The lowest BCUT2D eigenvalue weighted by atomic mass is 10.2. The van der Waals surface area contributed by atoms with Crippen molar-refractivity contribution in [2.45, 2.75) is 26.2 Å². The molecule has 0 aromatic heterocycles. The molecule has 0 radical (unpaired) electrons. The van der Waals surface area contributed by atoms with Crippen LogP contribution in [-0.4, -0.2) is 42.2 Å². The molecule has 0 aliphatic heterocycles. The molecule has 0 saturated carbocycles. The number of nitrogens with zero attached hydrogens (tertiary/aromatic N) is 1. The molecule has 0 heterocycles. The van der Waals surface area contributed by atoms with Gasteiger partial charge in [0.15, 0.2) is 0 Å². The monoisotopic (exact) mass is 332 g/mol. The van der Waals surface area contributed by atoms with Gasteiger partial charge in [0.05, 0.1) is 17.3 Å². The van der Waals surface area contributed by atoms with E-state index in [9.17, 15) is 4.79 Å². The highest BCUT2D eigenvalue weighted by Gasteiger charge is 2.10. The van der Waals surface area contributed by atoms with Gasteiger partial charge in [-0.2, -0.15) is 0 Å². The summed E-state index contributed by atoms with van der Waals surface area (Å²) < 4.78 is 0. The van der Waals surface area contributed by atoms with E-state index in [1.54, 1.807) is 18.2 Å². The highest BCUT2D eigenvalue weighted by Crippen LogP contribution is 2.25. The van der Waals surface area contributed by atoms with Crippen LogP contribution in [0.1, 0.15) is 26.2 Å². The number of rotatable bonds is 9. The standard InChI is InChI=1S/C15H22Cl2N2O2/c1-2-3-7-19(9-10-20)8-6-15(21)18-14-11-12(16)4-5-13(14)17/h4-5,11,20H,2-3,6-10H2,1H3,(H,18,21). The van der Waals surface area contributed by atoms with Crippen molar-refractivity contribution in [2.24, 2.45) is 0 Å². The van der Waals surface area contributed by atoms with E-state index < -0.39 is 0 Å². The Morgan fingerprint density at radius 1 is 1.29 bits per heavy atom. The molecule has 0 aliphatic carbocycles. The Labute approximate surface area is 136 Å². The second kappa shape index (κ2) is 10.0. The number of hydrogen-bond donors (Lipinski definition) is 2. The van der Waals surface area contributed by atoms with Crippen molar-refractivity contribution in [3.63, 3.8) is 0 Å². The van der Waals surface area contributed by atoms with Gasteiger partial charge in [0.2, 0.25) is 5.91 Å². The number of anilines is 1. The van der Waals surface area contributed by atoms with E-state index in [1.165, 1.54) is 0 Å². The van der Waals surface area contributed by atoms with Gasteiger partial charge in [0.25, 0.3) is 0 Å². The van der Waals surface area contributed by atoms with Crippen LogP contribution in [0.15, 0.2) is 18.2 Å². The summed E-state index contributed by atoms with van der Waals surface area (Å²) in [6.45, 7) is 4.31. The summed E-state index contributed by atoms with van der Waals surface area (Å²) in [4.78, 5) is 14.0. The van der Waals surface area contributed by atoms with E-state index >= 15 is 0 Å². The minimum atomic E-state index is -0.112. The molecule has 2 N–H and O–H groups in total. The van der Waals surface area contributed by atoms with Crippen LogP contribution >= 0.6 is 23.2 Å². The Kier molecular flexibility index (Phi) is 8.69. The van der Waals surface area contributed by atoms with Crippen LogP contribution in [0.5, 0.6) is 0 Å². The van der Waals surface area contributed by atoms with Gasteiger partial charge in [-0.05, 0) is 31.2 Å². The Morgan fingerprint density at radius 3 is 2.71 bits per heavy atom. The second-order valence-corrected chi connectivity index (χ2v) is 5.68. The molecule has 6 heteroatoms. The Balaban J connectivity index is 2.46. The first-order chi connectivity index (χ1) is 10.1. The Hall–Kier alpha value is -0.810. The van der Waals surface area contributed by atoms with E-state index in [4.69, 9.17) is 28.3 Å². The van der Waals surface area contributed by atoms with Crippen molar-refractivity contribution in [1.29, 1.82) is 0 Å². The SMILES string of the molecule is CCCCN(CCO)CCC(=O)Nc1cc(Cl)ccc1Cl. The largest absolute Gasteiger partial charge is 0.395 e. The maximum absolute atomic E-state index is 12.0. The molecule has 0 spiro atoms. The molecular weight excluding hydrogens is 311 g/mol. The fourth-order valence-corrected chi connectivity index (χ4v) is 2.26. The maximum atomic E-state index is 12.0. The van der Waals surface area contributed by atoms with Crippen LogP contribution in [0, 0.1) is 0 Å². The topological polar surface area (TPSA) is 52.6 Å². The molecular formula is C15H22Cl2N2O2. The fourth-order valence-electron chi connectivity index (χ4n) is 1.92. The second-order valence-electron chi connectivity index (χ2n) is 4.84. The molecule has 0 unspecified atom stereocenters. The average molecular weight is 333 g/mol. The Bertz CT molecular complexity index is 455. The number of aliphatic hydroxyl groups is 1. The first-order valence-electron chi connectivity index (χ1n) is 7.15. The van der Waals surface area contributed by atoms with E-state index in [0.29, 0.717) is 35.2 Å². The molecule has 1 rings (SSSR count). The number of halogens is 2. The van der Waals surface area contributed by atoms with Gasteiger partial charge in [0, 0.05) is 24.5 Å².